The van der Waals surface area contributed by atoms with Crippen LogP contribution in [0.25, 0.3) is 21.2 Å². The molecule has 4 aromatic rings. The van der Waals surface area contributed by atoms with Gasteiger partial charge in [0, 0.05) is 15.6 Å². The Bertz CT molecular complexity index is 1410. The molecule has 0 radical (unpaired) electrons. The molecular weight excluding hydrogens is 473 g/mol. The Kier molecular flexibility index (Phi) is 7.13. The molecule has 0 spiro atoms. The lowest BCUT2D eigenvalue weighted by Gasteiger charge is -2.13. The van der Waals surface area contributed by atoms with Crippen molar-refractivity contribution in [3.05, 3.63) is 88.8 Å². The zero-order chi connectivity index (χ0) is 25.0. The highest BCUT2D eigenvalue weighted by molar-refractivity contribution is 7.17. The van der Waals surface area contributed by atoms with E-state index in [-0.39, 0.29) is 18.6 Å². The fourth-order valence-electron chi connectivity index (χ4n) is 3.90. The average molecular weight is 495 g/mol. The molecular formula is C28H21F3O3S. The number of carboxylic acids is 1. The first-order chi connectivity index (χ1) is 16.8. The zero-order valence-corrected chi connectivity index (χ0v) is 19.5. The van der Waals surface area contributed by atoms with Crippen molar-refractivity contribution in [3.63, 3.8) is 0 Å². The van der Waals surface area contributed by atoms with Crippen molar-refractivity contribution >= 4 is 27.4 Å². The molecule has 4 rings (SSSR count). The number of thiophene rings is 1. The Hall–Kier alpha value is -3.76. The fraction of sp³-hybridized carbons (Fsp3) is 0.179. The summed E-state index contributed by atoms with van der Waals surface area (Å²) >= 11 is 1.40. The molecule has 0 aliphatic carbocycles. The lowest BCUT2D eigenvalue weighted by Crippen LogP contribution is -2.06. The minimum atomic E-state index is -4.44. The largest absolute Gasteiger partial charge is 0.489 e. The highest BCUT2D eigenvalue weighted by Gasteiger charge is 2.33. The van der Waals surface area contributed by atoms with Crippen LogP contribution in [-0.2, 0) is 17.6 Å². The number of carbonyl (C=O) groups is 1. The summed E-state index contributed by atoms with van der Waals surface area (Å²) in [5.74, 6) is 4.96. The third-order valence-corrected chi connectivity index (χ3v) is 6.51. The highest BCUT2D eigenvalue weighted by atomic mass is 32.1. The summed E-state index contributed by atoms with van der Waals surface area (Å²) in [5, 5.41) is 11.6. The summed E-state index contributed by atoms with van der Waals surface area (Å²) < 4.78 is 47.5. The van der Waals surface area contributed by atoms with Gasteiger partial charge in [-0.25, -0.2) is 0 Å². The van der Waals surface area contributed by atoms with Crippen molar-refractivity contribution in [2.24, 2.45) is 0 Å². The van der Waals surface area contributed by atoms with Crippen LogP contribution >= 0.6 is 11.3 Å². The van der Waals surface area contributed by atoms with E-state index in [4.69, 9.17) is 9.84 Å². The Morgan fingerprint density at radius 2 is 1.80 bits per heavy atom. The molecule has 7 heteroatoms. The van der Waals surface area contributed by atoms with Crippen molar-refractivity contribution in [1.82, 2.24) is 0 Å². The van der Waals surface area contributed by atoms with E-state index >= 15 is 0 Å². The number of rotatable bonds is 7. The molecule has 0 saturated heterocycles. The molecule has 0 aliphatic rings. The molecule has 0 amide bonds. The lowest BCUT2D eigenvalue weighted by molar-refractivity contribution is -0.138. The van der Waals surface area contributed by atoms with E-state index in [0.717, 1.165) is 27.3 Å². The van der Waals surface area contributed by atoms with Gasteiger partial charge in [0.15, 0.2) is 0 Å². The normalized spacial score (nSPS) is 12.1. The van der Waals surface area contributed by atoms with Gasteiger partial charge in [0.25, 0.3) is 0 Å². The van der Waals surface area contributed by atoms with Gasteiger partial charge in [0.2, 0.25) is 0 Å². The van der Waals surface area contributed by atoms with Crippen LogP contribution in [0.15, 0.2) is 72.1 Å². The van der Waals surface area contributed by atoms with Crippen LogP contribution in [0.2, 0.25) is 0 Å². The zero-order valence-electron chi connectivity index (χ0n) is 18.7. The molecule has 1 aromatic heterocycles. The summed E-state index contributed by atoms with van der Waals surface area (Å²) in [7, 11) is 0. The van der Waals surface area contributed by atoms with Crippen LogP contribution in [0.1, 0.15) is 36.0 Å². The van der Waals surface area contributed by atoms with E-state index in [1.807, 2.05) is 18.2 Å². The summed E-state index contributed by atoms with van der Waals surface area (Å²) in [4.78, 5) is 11.1. The van der Waals surface area contributed by atoms with Crippen molar-refractivity contribution in [2.45, 2.75) is 32.0 Å². The Morgan fingerprint density at radius 3 is 2.49 bits per heavy atom. The third kappa shape index (κ3) is 5.67. The van der Waals surface area contributed by atoms with Crippen LogP contribution in [0.4, 0.5) is 13.2 Å². The van der Waals surface area contributed by atoms with Gasteiger partial charge in [-0.05, 0) is 59.3 Å². The smallest absolute Gasteiger partial charge is 0.417 e. The molecule has 1 atom stereocenters. The van der Waals surface area contributed by atoms with Gasteiger partial charge in [-0.15, -0.1) is 17.3 Å². The Morgan fingerprint density at radius 1 is 1.06 bits per heavy atom. The maximum atomic E-state index is 13.6. The van der Waals surface area contributed by atoms with Crippen molar-refractivity contribution < 1.29 is 27.8 Å². The molecule has 178 valence electrons. The second-order valence-corrected chi connectivity index (χ2v) is 8.84. The van der Waals surface area contributed by atoms with Crippen LogP contribution in [0, 0.1) is 11.8 Å². The molecule has 3 nitrogen and oxygen atoms in total. The Labute approximate surface area is 204 Å². The molecule has 3 aromatic carbocycles. The lowest BCUT2D eigenvalue weighted by atomic mass is 9.96. The monoisotopic (exact) mass is 494 g/mol. The summed E-state index contributed by atoms with van der Waals surface area (Å²) in [6, 6.07) is 18.4. The number of benzene rings is 3. The van der Waals surface area contributed by atoms with E-state index in [1.165, 1.54) is 23.5 Å². The highest BCUT2D eigenvalue weighted by Crippen LogP contribution is 2.41. The number of alkyl halides is 3. The quantitative estimate of drug-likeness (QED) is 0.267. The van der Waals surface area contributed by atoms with Gasteiger partial charge in [-0.3, -0.25) is 4.79 Å². The van der Waals surface area contributed by atoms with Crippen LogP contribution in [0.3, 0.4) is 0 Å². The number of fused-ring (bicyclic) bond motifs is 1. The SMILES string of the molecule is CC#CC(CC(=O)O)c1ccc(OCc2ccc3scc(-c4ccccc4C(F)(F)F)c3c2)cc1. The van der Waals surface area contributed by atoms with Gasteiger partial charge in [0.1, 0.15) is 12.4 Å². The third-order valence-electron chi connectivity index (χ3n) is 5.55. The minimum absolute atomic E-state index is 0.0818. The number of aliphatic carboxylic acids is 1. The number of carboxylic acid groups (broad SMARTS) is 1. The number of halogens is 3. The first kappa shape index (κ1) is 24.4. The summed E-state index contributed by atoms with van der Waals surface area (Å²) in [6.07, 6.45) is -4.52. The molecule has 35 heavy (non-hydrogen) atoms. The number of hydrogen-bond acceptors (Lipinski definition) is 3. The van der Waals surface area contributed by atoms with E-state index in [0.29, 0.717) is 11.3 Å². The molecule has 0 saturated carbocycles. The molecule has 1 unspecified atom stereocenters. The van der Waals surface area contributed by atoms with E-state index in [2.05, 4.69) is 11.8 Å². The van der Waals surface area contributed by atoms with Crippen molar-refractivity contribution in [3.8, 4) is 28.7 Å². The van der Waals surface area contributed by atoms with Gasteiger partial charge in [-0.1, -0.05) is 42.3 Å². The first-order valence-electron chi connectivity index (χ1n) is 10.8. The second-order valence-electron chi connectivity index (χ2n) is 7.93. The average Bonchev–Trinajstić information content (AvgIpc) is 3.25. The molecule has 0 aliphatic heterocycles. The van der Waals surface area contributed by atoms with E-state index < -0.39 is 23.6 Å². The predicted octanol–water partition coefficient (Wildman–Crippen LogP) is 7.75. The number of hydrogen-bond donors (Lipinski definition) is 1. The molecule has 0 bridgehead atoms. The first-order valence-corrected chi connectivity index (χ1v) is 11.7. The van der Waals surface area contributed by atoms with Gasteiger partial charge < -0.3 is 9.84 Å². The van der Waals surface area contributed by atoms with Gasteiger partial charge in [-0.2, -0.15) is 13.2 Å². The standard InChI is InChI=1S/C28H21F3O3S/c1-2-5-20(15-27(32)33)19-9-11-21(12-10-19)34-16-18-8-13-26-23(14-18)24(17-35-26)22-6-3-4-7-25(22)28(29,30)31/h3-4,6-14,17,20H,15-16H2,1H3,(H,32,33). The number of ether oxygens (including phenoxy) is 1. The minimum Gasteiger partial charge on any atom is -0.489 e. The molecule has 0 fully saturated rings. The topological polar surface area (TPSA) is 46.5 Å². The second kappa shape index (κ2) is 10.2. The van der Waals surface area contributed by atoms with E-state index in [9.17, 15) is 18.0 Å². The Balaban J connectivity index is 1.55. The van der Waals surface area contributed by atoms with Crippen molar-refractivity contribution in [2.75, 3.05) is 0 Å². The molecule has 1 heterocycles. The van der Waals surface area contributed by atoms with Gasteiger partial charge >= 0.3 is 12.1 Å². The molecule has 1 N–H and O–H groups in total. The van der Waals surface area contributed by atoms with Gasteiger partial charge in [0.05, 0.1) is 17.9 Å². The maximum Gasteiger partial charge on any atom is 0.417 e. The van der Waals surface area contributed by atoms with Crippen LogP contribution in [-0.4, -0.2) is 11.1 Å². The van der Waals surface area contributed by atoms with E-state index in [1.54, 1.807) is 42.6 Å². The fourth-order valence-corrected chi connectivity index (χ4v) is 4.85. The predicted molar refractivity (Wildman–Crippen MR) is 131 cm³/mol. The maximum absolute atomic E-state index is 13.6. The van der Waals surface area contributed by atoms with Crippen molar-refractivity contribution in [1.29, 1.82) is 0 Å². The summed E-state index contributed by atoms with van der Waals surface area (Å²) in [6.45, 7) is 1.91. The van der Waals surface area contributed by atoms with Crippen LogP contribution in [0.5, 0.6) is 5.75 Å². The summed E-state index contributed by atoms with van der Waals surface area (Å²) in [5.41, 5.74) is 1.67. The van der Waals surface area contributed by atoms with Crippen LogP contribution < -0.4 is 4.74 Å².